The molecule has 1 aromatic heterocycles. The van der Waals surface area contributed by atoms with Crippen LogP contribution in [0.4, 0.5) is 4.79 Å². The van der Waals surface area contributed by atoms with Gasteiger partial charge in [0.05, 0.1) is 0 Å². The van der Waals surface area contributed by atoms with Crippen LogP contribution in [0.15, 0.2) is 16.6 Å². The number of carboxylic acid groups (broad SMARTS) is 1. The molecule has 0 aliphatic carbocycles. The normalized spacial score (nSPS) is 24.1. The van der Waals surface area contributed by atoms with Crippen molar-refractivity contribution in [1.82, 2.24) is 25.1 Å². The van der Waals surface area contributed by atoms with Crippen molar-refractivity contribution in [1.29, 1.82) is 0 Å². The third-order valence-corrected chi connectivity index (χ3v) is 5.63. The number of hydrogen-bond acceptors (Lipinski definition) is 9. The number of fused-ring (bicyclic) bond motifs is 1. The molecular weight excluding hydrogens is 332 g/mol. The van der Waals surface area contributed by atoms with E-state index < -0.39 is 12.2 Å². The maximum Gasteiger partial charge on any atom is 0.512 e. The van der Waals surface area contributed by atoms with Crippen LogP contribution in [-0.2, 0) is 16.6 Å². The van der Waals surface area contributed by atoms with Gasteiger partial charge < -0.3 is 15.6 Å². The van der Waals surface area contributed by atoms with Crippen LogP contribution in [-0.4, -0.2) is 65.2 Å². The Morgan fingerprint density at radius 2 is 2.41 bits per heavy atom. The molecule has 3 rings (SSSR count). The van der Waals surface area contributed by atoms with Gasteiger partial charge in [0.2, 0.25) is 16.9 Å². The number of aryl methyl sites for hydroxylation is 1. The van der Waals surface area contributed by atoms with E-state index in [4.69, 9.17) is 15.6 Å². The Labute approximate surface area is 133 Å². The van der Waals surface area contributed by atoms with Crippen LogP contribution in [0, 0.1) is 0 Å². The summed E-state index contributed by atoms with van der Waals surface area (Å²) in [5.74, 6) is 0.667. The molecule has 2 aliphatic heterocycles. The van der Waals surface area contributed by atoms with Crippen LogP contribution < -0.4 is 5.73 Å². The lowest BCUT2D eigenvalue weighted by Gasteiger charge is -2.47. The van der Waals surface area contributed by atoms with E-state index in [1.54, 1.807) is 7.05 Å². The molecule has 22 heavy (non-hydrogen) atoms. The van der Waals surface area contributed by atoms with Crippen LogP contribution >= 0.6 is 23.5 Å². The van der Waals surface area contributed by atoms with Crippen molar-refractivity contribution in [2.75, 3.05) is 11.5 Å². The number of hydrogen-bond donors (Lipinski definition) is 2. The van der Waals surface area contributed by atoms with E-state index >= 15 is 0 Å². The maximum atomic E-state index is 11.9. The van der Waals surface area contributed by atoms with Crippen molar-refractivity contribution >= 4 is 35.6 Å². The number of carbonyl (C=O) groups excluding carboxylic acids is 1. The quantitative estimate of drug-likeness (QED) is 0.416. The van der Waals surface area contributed by atoms with E-state index in [1.807, 2.05) is 0 Å². The van der Waals surface area contributed by atoms with Gasteiger partial charge in [0.15, 0.2) is 0 Å². The third-order valence-electron chi connectivity index (χ3n) is 3.17. The van der Waals surface area contributed by atoms with Gasteiger partial charge in [0.1, 0.15) is 11.4 Å². The summed E-state index contributed by atoms with van der Waals surface area (Å²) in [7, 11) is 1.70. The first-order valence-corrected chi connectivity index (χ1v) is 8.20. The standard InChI is InChI=1S/C10H12N6O4S2/c1-15-9(12-13-14-15)22-3-4-2-21-8-5(11)6(17)16(8)7(4)20-10(18)19/h5,8H,2-3,11H2,1H3,(H,18,19)/t5?,8-/m0/s1. The average molecular weight is 344 g/mol. The highest BCUT2D eigenvalue weighted by atomic mass is 32.2. The fourth-order valence-corrected chi connectivity index (χ4v) is 4.35. The number of ether oxygens (including phenoxy) is 1. The second-order valence-corrected chi connectivity index (χ2v) is 6.63. The van der Waals surface area contributed by atoms with E-state index in [2.05, 4.69) is 15.5 Å². The van der Waals surface area contributed by atoms with Gasteiger partial charge >= 0.3 is 6.16 Å². The maximum absolute atomic E-state index is 11.9. The van der Waals surface area contributed by atoms with Crippen molar-refractivity contribution in [3.05, 3.63) is 11.5 Å². The highest BCUT2D eigenvalue weighted by Gasteiger charge is 2.51. The Bertz CT molecular complexity index is 662. The number of carbonyl (C=O) groups is 2. The first-order valence-electron chi connectivity index (χ1n) is 6.17. The Morgan fingerprint density at radius 1 is 1.64 bits per heavy atom. The number of β-lactam (4-membered cyclic amide) rings is 1. The molecule has 2 aliphatic rings. The molecule has 1 aromatic rings. The summed E-state index contributed by atoms with van der Waals surface area (Å²) in [5.41, 5.74) is 6.40. The highest BCUT2D eigenvalue weighted by Crippen LogP contribution is 2.40. The number of thioether (sulfide) groups is 2. The number of tetrazole rings is 1. The summed E-state index contributed by atoms with van der Waals surface area (Å²) in [5, 5.41) is 20.3. The van der Waals surface area contributed by atoms with Crippen LogP contribution in [0.25, 0.3) is 0 Å². The van der Waals surface area contributed by atoms with Crippen LogP contribution in [0.5, 0.6) is 0 Å². The Kier molecular flexibility index (Phi) is 3.97. The third kappa shape index (κ3) is 2.53. The second kappa shape index (κ2) is 5.78. The number of nitrogens with two attached hydrogens (primary N) is 1. The van der Waals surface area contributed by atoms with Gasteiger partial charge in [-0.25, -0.2) is 9.48 Å². The lowest BCUT2D eigenvalue weighted by atomic mass is 10.1. The zero-order valence-corrected chi connectivity index (χ0v) is 13.0. The first-order chi connectivity index (χ1) is 10.5. The minimum atomic E-state index is -1.46. The van der Waals surface area contributed by atoms with E-state index in [9.17, 15) is 9.59 Å². The van der Waals surface area contributed by atoms with Gasteiger partial charge in [-0.15, -0.1) is 16.9 Å². The minimum Gasteiger partial charge on any atom is -0.449 e. The summed E-state index contributed by atoms with van der Waals surface area (Å²) in [6, 6.07) is -0.616. The molecule has 1 amide bonds. The predicted molar refractivity (Wildman–Crippen MR) is 76.7 cm³/mol. The van der Waals surface area contributed by atoms with Crippen LogP contribution in [0.1, 0.15) is 0 Å². The molecule has 1 saturated heterocycles. The molecular formula is C10H12N6O4S2. The van der Waals surface area contributed by atoms with Crippen molar-refractivity contribution < 1.29 is 19.4 Å². The smallest absolute Gasteiger partial charge is 0.449 e. The molecule has 3 N–H and O–H groups in total. The van der Waals surface area contributed by atoms with Crippen molar-refractivity contribution in [2.24, 2.45) is 12.8 Å². The van der Waals surface area contributed by atoms with E-state index in [0.717, 1.165) is 0 Å². The summed E-state index contributed by atoms with van der Waals surface area (Å²) in [6.07, 6.45) is -1.46. The highest BCUT2D eigenvalue weighted by molar-refractivity contribution is 8.01. The first kappa shape index (κ1) is 15.1. The van der Waals surface area contributed by atoms with Gasteiger partial charge in [0, 0.05) is 24.1 Å². The number of aromatic nitrogens is 4. The molecule has 12 heteroatoms. The summed E-state index contributed by atoms with van der Waals surface area (Å²) < 4.78 is 6.32. The zero-order valence-electron chi connectivity index (χ0n) is 11.4. The SMILES string of the molecule is Cn1nnnc1SCC1=C(OC(=O)O)N2C(=O)C(N)[C@@H]2SC1. The Balaban J connectivity index is 1.81. The second-order valence-electron chi connectivity index (χ2n) is 4.59. The molecule has 0 spiro atoms. The lowest BCUT2D eigenvalue weighted by Crippen LogP contribution is -2.68. The van der Waals surface area contributed by atoms with E-state index in [1.165, 1.54) is 33.1 Å². The number of rotatable bonds is 4. The van der Waals surface area contributed by atoms with E-state index in [-0.39, 0.29) is 17.2 Å². The Hall–Kier alpha value is -1.79. The molecule has 10 nitrogen and oxygen atoms in total. The van der Waals surface area contributed by atoms with Crippen molar-refractivity contribution in [2.45, 2.75) is 16.6 Å². The molecule has 1 fully saturated rings. The summed E-state index contributed by atoms with van der Waals surface area (Å²) in [4.78, 5) is 24.0. The lowest BCUT2D eigenvalue weighted by molar-refractivity contribution is -0.144. The molecule has 0 bridgehead atoms. The van der Waals surface area contributed by atoms with E-state index in [0.29, 0.717) is 22.2 Å². The number of amides is 1. The predicted octanol–water partition coefficient (Wildman–Crippen LogP) is -0.549. The molecule has 2 atom stereocenters. The topological polar surface area (TPSA) is 136 Å². The summed E-state index contributed by atoms with van der Waals surface area (Å²) >= 11 is 2.82. The summed E-state index contributed by atoms with van der Waals surface area (Å²) in [6.45, 7) is 0. The fraction of sp³-hybridized carbons (Fsp3) is 0.500. The van der Waals surface area contributed by atoms with Gasteiger partial charge in [-0.3, -0.25) is 9.69 Å². The van der Waals surface area contributed by atoms with Gasteiger partial charge in [-0.05, 0) is 10.4 Å². The van der Waals surface area contributed by atoms with Gasteiger partial charge in [-0.2, -0.15) is 0 Å². The molecule has 3 heterocycles. The Morgan fingerprint density at radius 3 is 3.05 bits per heavy atom. The molecule has 0 radical (unpaired) electrons. The minimum absolute atomic E-state index is 0.0607. The molecule has 0 aromatic carbocycles. The molecule has 118 valence electrons. The van der Waals surface area contributed by atoms with Gasteiger partial charge in [-0.1, -0.05) is 11.8 Å². The zero-order chi connectivity index (χ0) is 15.9. The fourth-order valence-electron chi connectivity index (χ4n) is 2.10. The average Bonchev–Trinajstić information content (AvgIpc) is 2.89. The van der Waals surface area contributed by atoms with Crippen LogP contribution in [0.2, 0.25) is 0 Å². The van der Waals surface area contributed by atoms with Crippen molar-refractivity contribution in [3.8, 4) is 0 Å². The monoisotopic (exact) mass is 344 g/mol. The van der Waals surface area contributed by atoms with Crippen LogP contribution in [0.3, 0.4) is 0 Å². The van der Waals surface area contributed by atoms with Crippen molar-refractivity contribution in [3.63, 3.8) is 0 Å². The molecule has 1 unspecified atom stereocenters. The molecule has 0 saturated carbocycles. The number of nitrogens with zero attached hydrogens (tertiary/aromatic N) is 5. The van der Waals surface area contributed by atoms with Gasteiger partial charge in [0.25, 0.3) is 0 Å². The largest absolute Gasteiger partial charge is 0.512 e.